The minimum atomic E-state index is -0.614. The highest BCUT2D eigenvalue weighted by molar-refractivity contribution is 6.33. The lowest BCUT2D eigenvalue weighted by Crippen LogP contribution is -2.39. The molecule has 14 heteroatoms. The van der Waals surface area contributed by atoms with Crippen LogP contribution in [0.1, 0.15) is 62.6 Å². The monoisotopic (exact) mass is 677 g/mol. The van der Waals surface area contributed by atoms with Crippen molar-refractivity contribution in [2.24, 2.45) is 0 Å². The lowest BCUT2D eigenvalue weighted by atomic mass is 9.95. The maximum Gasteiger partial charge on any atom is 0.319 e. The molecular weight excluding hydrogens is 644 g/mol. The predicted molar refractivity (Wildman–Crippen MR) is 180 cm³/mol. The number of likely N-dealkylation sites (N-methyl/N-ethyl adjacent to an activating group) is 1. The first-order chi connectivity index (χ1) is 22.7. The largest absolute Gasteiger partial charge is 0.475 e. The van der Waals surface area contributed by atoms with Crippen LogP contribution in [0.4, 0.5) is 16.0 Å². The zero-order valence-corrected chi connectivity index (χ0v) is 27.7. The number of aromatic nitrogens is 6. The van der Waals surface area contributed by atoms with Gasteiger partial charge in [-0.15, -0.1) is 0 Å². The minimum Gasteiger partial charge on any atom is -0.475 e. The number of hydrogen-bond donors (Lipinski definition) is 2. The van der Waals surface area contributed by atoms with Crippen LogP contribution in [0.5, 0.6) is 11.9 Å². The van der Waals surface area contributed by atoms with E-state index >= 15 is 4.39 Å². The fourth-order valence-electron chi connectivity index (χ4n) is 7.09. The minimum absolute atomic E-state index is 0.0478. The molecule has 0 unspecified atom stereocenters. The molecule has 1 saturated heterocycles. The van der Waals surface area contributed by atoms with Crippen molar-refractivity contribution in [3.63, 3.8) is 0 Å². The highest BCUT2D eigenvalue weighted by Crippen LogP contribution is 2.51. The standard InChI is InChI=1S/C33H34Cl2FN9O2/c1-15-13-46-32-26-29(27(36)28(40-32)25-21-12-39-43-23(21)10-22(35)24(25)17-6-7-17)41-33(47-14-19-5-4-8-44(19)3)42-31(26)45(15)16(2)20-9-18(34)11-38-30(20)37/h9-12,15-17,19H,4-8,13-14H2,1-3H3,(H2,37,38)(H,39,43)/t15-,16+,19+/m0/s1. The average molecular weight is 679 g/mol. The molecule has 3 N–H and O–H groups in total. The third kappa shape index (κ3) is 5.17. The molecule has 6 heterocycles. The van der Waals surface area contributed by atoms with Crippen LogP contribution in [0.25, 0.3) is 33.1 Å². The van der Waals surface area contributed by atoms with E-state index in [0.717, 1.165) is 43.2 Å². The summed E-state index contributed by atoms with van der Waals surface area (Å²) in [6, 6.07) is 3.29. The van der Waals surface area contributed by atoms with E-state index < -0.39 is 5.82 Å². The van der Waals surface area contributed by atoms with Crippen molar-refractivity contribution in [2.45, 2.75) is 63.6 Å². The predicted octanol–water partition coefficient (Wildman–Crippen LogP) is 6.69. The van der Waals surface area contributed by atoms with Crippen LogP contribution in [0.15, 0.2) is 24.5 Å². The van der Waals surface area contributed by atoms with Crippen molar-refractivity contribution in [1.82, 2.24) is 35.0 Å². The second-order valence-electron chi connectivity index (χ2n) is 12.8. The maximum atomic E-state index is 17.3. The summed E-state index contributed by atoms with van der Waals surface area (Å²) in [5, 5.41) is 9.29. The molecule has 0 amide bonds. The lowest BCUT2D eigenvalue weighted by Gasteiger charge is -2.35. The molecule has 4 aromatic heterocycles. The Morgan fingerprint density at radius 2 is 2.00 bits per heavy atom. The van der Waals surface area contributed by atoms with Gasteiger partial charge in [-0.3, -0.25) is 5.10 Å². The number of rotatable bonds is 7. The van der Waals surface area contributed by atoms with E-state index in [0.29, 0.717) is 50.3 Å². The number of aromatic amines is 1. The van der Waals surface area contributed by atoms with Crippen LogP contribution in [0.3, 0.4) is 0 Å². The van der Waals surface area contributed by atoms with Gasteiger partial charge in [-0.1, -0.05) is 23.2 Å². The molecule has 1 aliphatic carbocycles. The van der Waals surface area contributed by atoms with Crippen LogP contribution in [-0.2, 0) is 0 Å². The van der Waals surface area contributed by atoms with E-state index in [2.05, 4.69) is 27.1 Å². The van der Waals surface area contributed by atoms with E-state index in [1.807, 2.05) is 24.8 Å². The number of hydrogen-bond acceptors (Lipinski definition) is 10. The van der Waals surface area contributed by atoms with Gasteiger partial charge < -0.3 is 25.0 Å². The third-order valence-corrected chi connectivity index (χ3v) is 10.2. The number of H-pyrrole nitrogens is 1. The van der Waals surface area contributed by atoms with E-state index in [-0.39, 0.29) is 53.8 Å². The lowest BCUT2D eigenvalue weighted by molar-refractivity contribution is 0.188. The van der Waals surface area contributed by atoms with Crippen LogP contribution in [0.2, 0.25) is 10.0 Å². The summed E-state index contributed by atoms with van der Waals surface area (Å²) in [5.41, 5.74) is 9.35. The Bertz CT molecular complexity index is 2040. The zero-order chi connectivity index (χ0) is 32.6. The Kier molecular flexibility index (Phi) is 7.49. The number of nitrogens with zero attached hydrogens (tertiary/aromatic N) is 7. The number of pyridine rings is 2. The molecule has 47 heavy (non-hydrogen) atoms. The molecular formula is C33H34Cl2FN9O2. The summed E-state index contributed by atoms with van der Waals surface area (Å²) in [6.07, 6.45) is 7.19. The Morgan fingerprint density at radius 1 is 1.17 bits per heavy atom. The Labute approximate surface area is 280 Å². The molecule has 11 nitrogen and oxygen atoms in total. The fourth-order valence-corrected chi connectivity index (χ4v) is 7.61. The van der Waals surface area contributed by atoms with Gasteiger partial charge >= 0.3 is 6.01 Å². The molecule has 3 aliphatic rings. The van der Waals surface area contributed by atoms with Gasteiger partial charge in [0.1, 0.15) is 41.4 Å². The van der Waals surface area contributed by atoms with Gasteiger partial charge in [0.05, 0.1) is 28.8 Å². The number of halogens is 3. The average Bonchev–Trinajstić information content (AvgIpc) is 3.67. The summed E-state index contributed by atoms with van der Waals surface area (Å²) < 4.78 is 29.9. The number of fused-ring (bicyclic) bond motifs is 1. The van der Waals surface area contributed by atoms with Gasteiger partial charge in [0, 0.05) is 33.8 Å². The molecule has 0 bridgehead atoms. The smallest absolute Gasteiger partial charge is 0.319 e. The van der Waals surface area contributed by atoms with Crippen LogP contribution in [-0.4, -0.2) is 73.9 Å². The van der Waals surface area contributed by atoms with E-state index in [4.69, 9.17) is 53.4 Å². The highest BCUT2D eigenvalue weighted by atomic mass is 35.5. The highest BCUT2D eigenvalue weighted by Gasteiger charge is 2.37. The normalized spacial score (nSPS) is 20.5. The number of benzene rings is 1. The van der Waals surface area contributed by atoms with Crippen molar-refractivity contribution in [2.75, 3.05) is 37.4 Å². The van der Waals surface area contributed by atoms with Crippen LogP contribution < -0.4 is 20.1 Å². The van der Waals surface area contributed by atoms with Crippen molar-refractivity contribution < 1.29 is 13.9 Å². The Hall–Kier alpha value is -4.00. The van der Waals surface area contributed by atoms with Gasteiger partial charge in [-0.2, -0.15) is 15.1 Å². The molecule has 5 aromatic rings. The summed E-state index contributed by atoms with van der Waals surface area (Å²) in [4.78, 5) is 23.1. The van der Waals surface area contributed by atoms with Gasteiger partial charge in [0.25, 0.3) is 0 Å². The first-order valence-corrected chi connectivity index (χ1v) is 16.7. The molecule has 2 aliphatic heterocycles. The maximum absolute atomic E-state index is 17.3. The Balaban J connectivity index is 1.36. The van der Waals surface area contributed by atoms with E-state index in [9.17, 15) is 0 Å². The third-order valence-electron chi connectivity index (χ3n) is 9.71. The number of nitrogens with one attached hydrogen (secondary N) is 1. The van der Waals surface area contributed by atoms with Gasteiger partial charge in [0.15, 0.2) is 5.82 Å². The van der Waals surface area contributed by atoms with Crippen LogP contribution >= 0.6 is 23.2 Å². The van der Waals surface area contributed by atoms with Gasteiger partial charge in [0.2, 0.25) is 5.88 Å². The summed E-state index contributed by atoms with van der Waals surface area (Å²) in [7, 11) is 2.07. The topological polar surface area (TPSA) is 131 Å². The fraction of sp³-hybridized carbons (Fsp3) is 0.424. The number of anilines is 2. The molecule has 0 spiro atoms. The second-order valence-corrected chi connectivity index (χ2v) is 13.7. The molecule has 0 radical (unpaired) electrons. The summed E-state index contributed by atoms with van der Waals surface area (Å²) in [6.45, 7) is 5.58. The Morgan fingerprint density at radius 3 is 2.77 bits per heavy atom. The quantitative estimate of drug-likeness (QED) is 0.192. The molecule has 3 atom stereocenters. The second kappa shape index (κ2) is 11.6. The number of likely N-dealkylation sites (tertiary alicyclic amines) is 1. The van der Waals surface area contributed by atoms with E-state index in [1.54, 1.807) is 12.3 Å². The number of ether oxygens (including phenoxy) is 2. The molecule has 1 saturated carbocycles. The van der Waals surface area contributed by atoms with Crippen molar-refractivity contribution in [3.8, 4) is 23.1 Å². The SMILES string of the molecule is C[C@H](c1cc(Cl)cnc1N)N1c2nc(OC[C@H]3CCCN3C)nc3c(F)c(-c4c(C5CC5)c(Cl)cc5[nH]ncc45)nc(c23)OC[C@@H]1C. The summed E-state index contributed by atoms with van der Waals surface area (Å²) >= 11 is 13.2. The molecule has 8 rings (SSSR count). The first-order valence-electron chi connectivity index (χ1n) is 15.9. The first kappa shape index (κ1) is 30.3. The van der Waals surface area contributed by atoms with Crippen molar-refractivity contribution >= 4 is 56.6 Å². The molecule has 2 fully saturated rings. The molecule has 244 valence electrons. The van der Waals surface area contributed by atoms with Crippen molar-refractivity contribution in [1.29, 1.82) is 0 Å². The zero-order valence-electron chi connectivity index (χ0n) is 26.2. The molecule has 1 aromatic carbocycles. The van der Waals surface area contributed by atoms with Crippen molar-refractivity contribution in [3.05, 3.63) is 51.5 Å². The summed E-state index contributed by atoms with van der Waals surface area (Å²) in [5.74, 6) is 0.576. The van der Waals surface area contributed by atoms with Crippen LogP contribution in [0, 0.1) is 5.82 Å². The number of nitrogens with two attached hydrogens (primary N) is 1. The van der Waals surface area contributed by atoms with Gasteiger partial charge in [-0.25, -0.2) is 14.4 Å². The number of nitrogen functional groups attached to an aromatic ring is 1. The van der Waals surface area contributed by atoms with E-state index in [1.165, 1.54) is 6.20 Å². The van der Waals surface area contributed by atoms with Gasteiger partial charge in [-0.05, 0) is 76.7 Å².